The molecular weight excluding hydrogens is 264 g/mol. The van der Waals surface area contributed by atoms with E-state index in [1.807, 2.05) is 23.1 Å². The molecule has 1 unspecified atom stereocenters. The number of hydrogen-bond donors (Lipinski definition) is 1. The van der Waals surface area contributed by atoms with Crippen molar-refractivity contribution in [1.82, 2.24) is 4.90 Å². The minimum absolute atomic E-state index is 0.147. The first-order valence-electron chi connectivity index (χ1n) is 8.03. The van der Waals surface area contributed by atoms with Crippen LogP contribution in [-0.2, 0) is 11.2 Å². The predicted molar refractivity (Wildman–Crippen MR) is 83.4 cm³/mol. The van der Waals surface area contributed by atoms with Crippen molar-refractivity contribution in [3.05, 3.63) is 29.8 Å². The number of nitrogens with zero attached hydrogens (tertiary/aromatic N) is 2. The summed E-state index contributed by atoms with van der Waals surface area (Å²) in [5.41, 5.74) is 2.33. The SMILES string of the molecule is O=C(CN1CCCCCC1CO)N1CCc2ccccc21. The Labute approximate surface area is 126 Å². The van der Waals surface area contributed by atoms with Crippen molar-refractivity contribution < 1.29 is 9.90 Å². The van der Waals surface area contributed by atoms with Gasteiger partial charge in [0.2, 0.25) is 5.91 Å². The van der Waals surface area contributed by atoms with Gasteiger partial charge in [-0.2, -0.15) is 0 Å². The molecule has 1 aromatic rings. The van der Waals surface area contributed by atoms with Gasteiger partial charge in [-0.25, -0.2) is 0 Å². The highest BCUT2D eigenvalue weighted by molar-refractivity contribution is 5.96. The molecule has 0 radical (unpaired) electrons. The first-order valence-corrected chi connectivity index (χ1v) is 8.03. The average molecular weight is 288 g/mol. The lowest BCUT2D eigenvalue weighted by Crippen LogP contribution is -2.45. The van der Waals surface area contributed by atoms with Gasteiger partial charge in [-0.05, 0) is 37.4 Å². The molecule has 1 N–H and O–H groups in total. The van der Waals surface area contributed by atoms with Crippen molar-refractivity contribution in [3.63, 3.8) is 0 Å². The topological polar surface area (TPSA) is 43.8 Å². The maximum atomic E-state index is 12.7. The summed E-state index contributed by atoms with van der Waals surface area (Å²) >= 11 is 0. The molecular formula is C17H24N2O2. The Kier molecular flexibility index (Phi) is 4.56. The van der Waals surface area contributed by atoms with E-state index in [2.05, 4.69) is 11.0 Å². The van der Waals surface area contributed by atoms with Crippen molar-refractivity contribution in [2.45, 2.75) is 38.1 Å². The summed E-state index contributed by atoms with van der Waals surface area (Å²) in [6.45, 7) is 2.30. The zero-order chi connectivity index (χ0) is 14.7. The number of fused-ring (bicyclic) bond motifs is 1. The number of benzene rings is 1. The summed E-state index contributed by atoms with van der Waals surface area (Å²) in [7, 11) is 0. The highest BCUT2D eigenvalue weighted by Gasteiger charge is 2.28. The maximum absolute atomic E-state index is 12.7. The van der Waals surface area contributed by atoms with Crippen molar-refractivity contribution in [1.29, 1.82) is 0 Å². The molecule has 1 saturated heterocycles. The smallest absolute Gasteiger partial charge is 0.241 e. The van der Waals surface area contributed by atoms with Crippen molar-refractivity contribution in [3.8, 4) is 0 Å². The lowest BCUT2D eigenvalue weighted by molar-refractivity contribution is -0.120. The third-order valence-electron chi connectivity index (χ3n) is 4.74. The minimum Gasteiger partial charge on any atom is -0.395 e. The molecule has 0 aliphatic carbocycles. The molecule has 1 atom stereocenters. The minimum atomic E-state index is 0.147. The Morgan fingerprint density at radius 1 is 1.19 bits per heavy atom. The monoisotopic (exact) mass is 288 g/mol. The van der Waals surface area contributed by atoms with Crippen LogP contribution >= 0.6 is 0 Å². The molecule has 0 spiro atoms. The zero-order valence-corrected chi connectivity index (χ0v) is 12.5. The van der Waals surface area contributed by atoms with Gasteiger partial charge in [0.05, 0.1) is 13.2 Å². The van der Waals surface area contributed by atoms with Crippen LogP contribution in [0.1, 0.15) is 31.2 Å². The highest BCUT2D eigenvalue weighted by Crippen LogP contribution is 2.28. The van der Waals surface area contributed by atoms with Crippen LogP contribution in [0.2, 0.25) is 0 Å². The number of para-hydroxylation sites is 1. The van der Waals surface area contributed by atoms with E-state index in [4.69, 9.17) is 0 Å². The van der Waals surface area contributed by atoms with Gasteiger partial charge >= 0.3 is 0 Å². The molecule has 2 aliphatic heterocycles. The van der Waals surface area contributed by atoms with Crippen LogP contribution in [0.5, 0.6) is 0 Å². The van der Waals surface area contributed by atoms with Crippen LogP contribution in [0.25, 0.3) is 0 Å². The summed E-state index contributed by atoms with van der Waals surface area (Å²) in [4.78, 5) is 16.7. The van der Waals surface area contributed by atoms with Crippen molar-refractivity contribution in [2.75, 3.05) is 31.1 Å². The van der Waals surface area contributed by atoms with E-state index < -0.39 is 0 Å². The standard InChI is InChI=1S/C17H24N2O2/c20-13-15-7-2-1-5-10-18(15)12-17(21)19-11-9-14-6-3-4-8-16(14)19/h3-4,6,8,15,20H,1-2,5,7,9-13H2. The summed E-state index contributed by atoms with van der Waals surface area (Å²) in [5.74, 6) is 0.167. The van der Waals surface area contributed by atoms with E-state index in [0.29, 0.717) is 6.54 Å². The molecule has 1 aromatic carbocycles. The van der Waals surface area contributed by atoms with Gasteiger partial charge in [-0.15, -0.1) is 0 Å². The van der Waals surface area contributed by atoms with Gasteiger partial charge in [-0.1, -0.05) is 31.0 Å². The van der Waals surface area contributed by atoms with Crippen molar-refractivity contribution in [2.24, 2.45) is 0 Å². The molecule has 1 amide bonds. The molecule has 21 heavy (non-hydrogen) atoms. The third kappa shape index (κ3) is 3.11. The molecule has 3 rings (SSSR count). The number of carbonyl (C=O) groups excluding carboxylic acids is 1. The molecule has 2 heterocycles. The van der Waals surface area contributed by atoms with E-state index in [9.17, 15) is 9.90 Å². The summed E-state index contributed by atoms with van der Waals surface area (Å²) in [6, 6.07) is 8.31. The second-order valence-electron chi connectivity index (χ2n) is 6.08. The Bertz CT molecular complexity index is 503. The van der Waals surface area contributed by atoms with Gasteiger partial charge in [-0.3, -0.25) is 9.69 Å². The number of hydrogen-bond acceptors (Lipinski definition) is 3. The number of anilines is 1. The molecule has 4 heteroatoms. The second kappa shape index (κ2) is 6.58. The number of likely N-dealkylation sites (tertiary alicyclic amines) is 1. The molecule has 1 fully saturated rings. The van der Waals surface area contributed by atoms with Crippen LogP contribution in [0.3, 0.4) is 0 Å². The maximum Gasteiger partial charge on any atom is 0.241 e. The lowest BCUT2D eigenvalue weighted by atomic mass is 10.1. The van der Waals surface area contributed by atoms with Gasteiger partial charge in [0.25, 0.3) is 0 Å². The second-order valence-corrected chi connectivity index (χ2v) is 6.08. The van der Waals surface area contributed by atoms with Gasteiger partial charge in [0.1, 0.15) is 0 Å². The van der Waals surface area contributed by atoms with Crippen LogP contribution in [0, 0.1) is 0 Å². The molecule has 0 aromatic heterocycles. The lowest BCUT2D eigenvalue weighted by Gasteiger charge is -2.29. The van der Waals surface area contributed by atoms with E-state index >= 15 is 0 Å². The molecule has 4 nitrogen and oxygen atoms in total. The number of aliphatic hydroxyl groups is 1. The molecule has 0 saturated carbocycles. The summed E-state index contributed by atoms with van der Waals surface area (Å²) in [6.07, 6.45) is 5.43. The van der Waals surface area contributed by atoms with Gasteiger partial charge < -0.3 is 10.0 Å². The van der Waals surface area contributed by atoms with E-state index in [1.165, 1.54) is 12.0 Å². The zero-order valence-electron chi connectivity index (χ0n) is 12.5. The fourth-order valence-electron chi connectivity index (χ4n) is 3.51. The quantitative estimate of drug-likeness (QED) is 0.922. The van der Waals surface area contributed by atoms with E-state index in [1.54, 1.807) is 0 Å². The summed E-state index contributed by atoms with van der Waals surface area (Å²) < 4.78 is 0. The Morgan fingerprint density at radius 3 is 2.90 bits per heavy atom. The Balaban J connectivity index is 1.68. The normalized spacial score (nSPS) is 22.9. The predicted octanol–water partition coefficient (Wildman–Crippen LogP) is 1.81. The van der Waals surface area contributed by atoms with Crippen LogP contribution in [0.4, 0.5) is 5.69 Å². The van der Waals surface area contributed by atoms with Gasteiger partial charge in [0, 0.05) is 18.3 Å². The highest BCUT2D eigenvalue weighted by atomic mass is 16.3. The first-order chi connectivity index (χ1) is 10.3. The largest absolute Gasteiger partial charge is 0.395 e. The first kappa shape index (κ1) is 14.5. The fraction of sp³-hybridized carbons (Fsp3) is 0.588. The van der Waals surface area contributed by atoms with Crippen LogP contribution < -0.4 is 4.90 Å². The van der Waals surface area contributed by atoms with Crippen LogP contribution in [0.15, 0.2) is 24.3 Å². The number of carbonyl (C=O) groups is 1. The van der Waals surface area contributed by atoms with Crippen molar-refractivity contribution >= 4 is 11.6 Å². The molecule has 0 bridgehead atoms. The third-order valence-corrected chi connectivity index (χ3v) is 4.74. The Morgan fingerprint density at radius 2 is 2.05 bits per heavy atom. The van der Waals surface area contributed by atoms with E-state index in [0.717, 1.165) is 44.5 Å². The van der Waals surface area contributed by atoms with Crippen LogP contribution in [-0.4, -0.2) is 48.2 Å². The fourth-order valence-corrected chi connectivity index (χ4v) is 3.51. The number of amides is 1. The number of rotatable bonds is 3. The van der Waals surface area contributed by atoms with Gasteiger partial charge in [0.15, 0.2) is 0 Å². The van der Waals surface area contributed by atoms with E-state index in [-0.39, 0.29) is 18.6 Å². The molecule has 2 aliphatic rings. The number of aliphatic hydroxyl groups excluding tert-OH is 1. The molecule has 114 valence electrons. The Hall–Kier alpha value is -1.39. The summed E-state index contributed by atoms with van der Waals surface area (Å²) in [5, 5.41) is 9.56. The average Bonchev–Trinajstić information content (AvgIpc) is 2.81.